The van der Waals surface area contributed by atoms with Crippen LogP contribution in [0.5, 0.6) is 0 Å². The van der Waals surface area contributed by atoms with Crippen molar-refractivity contribution in [1.29, 1.82) is 0 Å². The molecule has 250 valence electrons. The van der Waals surface area contributed by atoms with E-state index >= 15 is 0 Å². The molecule has 0 bridgehead atoms. The van der Waals surface area contributed by atoms with Gasteiger partial charge in [-0.15, -0.1) is 6.58 Å². The average molecular weight is 668 g/mol. The molecule has 0 atom stereocenters. The SMILES string of the molecule is C=CCCn1cc(-c2nc(Nc3ccc(C4CCN(C(=O)OC(C)(C)C)CC4)cc3)nc3c2ccn3S(=O)(=O)c2ccc(C)cc2)cn1. The number of aryl methyl sites for hydroxylation is 2. The van der Waals surface area contributed by atoms with Crippen molar-refractivity contribution in [2.75, 3.05) is 18.4 Å². The van der Waals surface area contributed by atoms with Gasteiger partial charge in [-0.1, -0.05) is 35.9 Å². The Morgan fingerprint density at radius 1 is 1.04 bits per heavy atom. The van der Waals surface area contributed by atoms with Gasteiger partial charge in [0.2, 0.25) is 5.95 Å². The van der Waals surface area contributed by atoms with Crippen LogP contribution in [0.4, 0.5) is 16.4 Å². The van der Waals surface area contributed by atoms with Gasteiger partial charge in [-0.05, 0) is 88.8 Å². The molecule has 1 saturated heterocycles. The Bertz CT molecular complexity index is 2030. The predicted molar refractivity (Wildman–Crippen MR) is 187 cm³/mol. The van der Waals surface area contributed by atoms with Gasteiger partial charge in [0.1, 0.15) is 5.60 Å². The van der Waals surface area contributed by atoms with Crippen LogP contribution in [0.15, 0.2) is 90.7 Å². The fourth-order valence-electron chi connectivity index (χ4n) is 5.81. The van der Waals surface area contributed by atoms with Gasteiger partial charge < -0.3 is 15.0 Å². The first-order chi connectivity index (χ1) is 22.9. The highest BCUT2D eigenvalue weighted by Crippen LogP contribution is 2.33. The number of nitrogens with zero attached hydrogens (tertiary/aromatic N) is 6. The lowest BCUT2D eigenvalue weighted by molar-refractivity contribution is 0.0205. The topological polar surface area (TPSA) is 124 Å². The summed E-state index contributed by atoms with van der Waals surface area (Å²) in [6.07, 6.45) is 9.17. The molecule has 1 fully saturated rings. The summed E-state index contributed by atoms with van der Waals surface area (Å²) in [5.41, 5.74) is 3.97. The molecule has 6 rings (SSSR count). The zero-order valence-corrected chi connectivity index (χ0v) is 28.6. The first-order valence-electron chi connectivity index (χ1n) is 16.1. The number of rotatable bonds is 9. The number of piperidine rings is 1. The largest absolute Gasteiger partial charge is 0.444 e. The second-order valence-electron chi connectivity index (χ2n) is 13.1. The number of benzene rings is 2. The minimum atomic E-state index is -3.94. The number of ether oxygens (including phenoxy) is 1. The molecule has 1 amide bonds. The molecule has 12 heteroatoms. The Balaban J connectivity index is 1.28. The third-order valence-electron chi connectivity index (χ3n) is 8.34. The van der Waals surface area contributed by atoms with Crippen molar-refractivity contribution in [3.63, 3.8) is 0 Å². The molecule has 48 heavy (non-hydrogen) atoms. The average Bonchev–Trinajstić information content (AvgIpc) is 3.71. The number of hydrogen-bond acceptors (Lipinski definition) is 8. The van der Waals surface area contributed by atoms with Crippen molar-refractivity contribution < 1.29 is 17.9 Å². The van der Waals surface area contributed by atoms with E-state index in [9.17, 15) is 13.2 Å². The normalized spacial score (nSPS) is 14.3. The number of anilines is 2. The summed E-state index contributed by atoms with van der Waals surface area (Å²) in [4.78, 5) is 24.0. The van der Waals surface area contributed by atoms with Crippen LogP contribution in [0.1, 0.15) is 57.1 Å². The third kappa shape index (κ3) is 7.13. The quantitative estimate of drug-likeness (QED) is 0.163. The van der Waals surface area contributed by atoms with Crippen LogP contribution < -0.4 is 5.32 Å². The molecule has 1 aliphatic rings. The Morgan fingerprint density at radius 3 is 2.42 bits per heavy atom. The molecule has 11 nitrogen and oxygen atoms in total. The fraction of sp³-hybridized carbons (Fsp3) is 0.333. The van der Waals surface area contributed by atoms with Crippen LogP contribution in [0.25, 0.3) is 22.3 Å². The molecule has 1 aliphatic heterocycles. The summed E-state index contributed by atoms with van der Waals surface area (Å²) >= 11 is 0. The van der Waals surface area contributed by atoms with Gasteiger partial charge in [0, 0.05) is 48.7 Å². The van der Waals surface area contributed by atoms with E-state index in [0.717, 1.165) is 36.1 Å². The van der Waals surface area contributed by atoms with Crippen molar-refractivity contribution in [3.8, 4) is 11.3 Å². The van der Waals surface area contributed by atoms with E-state index in [0.29, 0.717) is 36.6 Å². The maximum absolute atomic E-state index is 13.8. The van der Waals surface area contributed by atoms with E-state index < -0.39 is 15.6 Å². The smallest absolute Gasteiger partial charge is 0.410 e. The molecule has 0 saturated carbocycles. The number of nitrogens with one attached hydrogen (secondary N) is 1. The highest BCUT2D eigenvalue weighted by molar-refractivity contribution is 7.90. The third-order valence-corrected chi connectivity index (χ3v) is 10.0. The highest BCUT2D eigenvalue weighted by atomic mass is 32.2. The Labute approximate surface area is 281 Å². The van der Waals surface area contributed by atoms with Crippen molar-refractivity contribution in [2.45, 2.75) is 69.9 Å². The second-order valence-corrected chi connectivity index (χ2v) is 14.9. The van der Waals surface area contributed by atoms with E-state index in [1.54, 1.807) is 41.4 Å². The standard InChI is InChI=1S/C36H41N7O4S/c1-6-7-19-42-24-28(23-37-42)32-31-18-22-43(48(45,46)30-14-8-25(2)9-15-30)33(31)40-34(39-32)38-29-12-10-26(11-13-29)27-16-20-41(21-17-27)35(44)47-36(3,4)5/h6,8-15,18,22-24,27H,1,7,16-17,19-21H2,2-5H3,(H,38,39,40). The minimum Gasteiger partial charge on any atom is -0.444 e. The van der Waals surface area contributed by atoms with Crippen LogP contribution >= 0.6 is 0 Å². The molecule has 4 heterocycles. The van der Waals surface area contributed by atoms with Crippen molar-refractivity contribution in [3.05, 3.63) is 97.0 Å². The summed E-state index contributed by atoms with van der Waals surface area (Å²) in [6, 6.07) is 16.6. The lowest BCUT2D eigenvalue weighted by Gasteiger charge is -2.33. The van der Waals surface area contributed by atoms with Crippen LogP contribution in [0.2, 0.25) is 0 Å². The Hall–Kier alpha value is -4.97. The van der Waals surface area contributed by atoms with Crippen molar-refractivity contribution in [1.82, 2.24) is 28.6 Å². The molecule has 0 radical (unpaired) electrons. The number of aromatic nitrogens is 5. The molecule has 3 aromatic heterocycles. The summed E-state index contributed by atoms with van der Waals surface area (Å²) in [7, 11) is -3.94. The number of fused-ring (bicyclic) bond motifs is 1. The van der Waals surface area contributed by atoms with Crippen molar-refractivity contribution >= 4 is 38.8 Å². The maximum atomic E-state index is 13.8. The monoisotopic (exact) mass is 667 g/mol. The number of carbonyl (C=O) groups is 1. The van der Waals surface area contributed by atoms with Gasteiger partial charge in [-0.3, -0.25) is 4.68 Å². The molecule has 0 aliphatic carbocycles. The van der Waals surface area contributed by atoms with E-state index in [-0.39, 0.29) is 22.6 Å². The zero-order chi connectivity index (χ0) is 34.1. The molecule has 0 unspecified atom stereocenters. The molecule has 5 aromatic rings. The Morgan fingerprint density at radius 2 is 1.75 bits per heavy atom. The molecular weight excluding hydrogens is 627 g/mol. The number of hydrogen-bond donors (Lipinski definition) is 1. The first kappa shape index (κ1) is 33.0. The molecule has 0 spiro atoms. The van der Waals surface area contributed by atoms with Crippen LogP contribution in [0, 0.1) is 6.92 Å². The van der Waals surface area contributed by atoms with Gasteiger partial charge in [0.05, 0.1) is 16.8 Å². The lowest BCUT2D eigenvalue weighted by Crippen LogP contribution is -2.41. The van der Waals surface area contributed by atoms with Crippen molar-refractivity contribution in [2.24, 2.45) is 0 Å². The number of carbonyl (C=O) groups excluding carboxylic acids is 1. The van der Waals surface area contributed by atoms with Gasteiger partial charge in [-0.25, -0.2) is 22.2 Å². The minimum absolute atomic E-state index is 0.171. The summed E-state index contributed by atoms with van der Waals surface area (Å²) < 4.78 is 36.2. The number of likely N-dealkylation sites (tertiary alicyclic amines) is 1. The summed E-state index contributed by atoms with van der Waals surface area (Å²) in [5.74, 6) is 0.582. The maximum Gasteiger partial charge on any atom is 0.410 e. The molecule has 1 N–H and O–H groups in total. The van der Waals surface area contributed by atoms with E-state index in [4.69, 9.17) is 14.7 Å². The van der Waals surface area contributed by atoms with E-state index in [2.05, 4.69) is 29.1 Å². The lowest BCUT2D eigenvalue weighted by atomic mass is 9.89. The van der Waals surface area contributed by atoms with E-state index in [1.165, 1.54) is 15.7 Å². The van der Waals surface area contributed by atoms with Crippen LogP contribution in [-0.2, 0) is 21.3 Å². The van der Waals surface area contributed by atoms with Gasteiger partial charge >= 0.3 is 6.09 Å². The van der Waals surface area contributed by atoms with Gasteiger partial charge in [0.15, 0.2) is 5.65 Å². The van der Waals surface area contributed by atoms with Gasteiger partial charge in [0.25, 0.3) is 10.0 Å². The summed E-state index contributed by atoms with van der Waals surface area (Å²) in [5, 5.41) is 8.37. The molecule has 2 aromatic carbocycles. The molecular formula is C36H41N7O4S. The fourth-order valence-corrected chi connectivity index (χ4v) is 7.10. The van der Waals surface area contributed by atoms with Crippen LogP contribution in [0.3, 0.4) is 0 Å². The Kier molecular flexibility index (Phi) is 9.11. The number of amides is 1. The summed E-state index contributed by atoms with van der Waals surface area (Å²) in [6.45, 7) is 13.3. The van der Waals surface area contributed by atoms with Gasteiger partial charge in [-0.2, -0.15) is 10.1 Å². The predicted octanol–water partition coefficient (Wildman–Crippen LogP) is 7.27. The zero-order valence-electron chi connectivity index (χ0n) is 27.8. The highest BCUT2D eigenvalue weighted by Gasteiger charge is 2.28. The second kappa shape index (κ2) is 13.3. The number of allylic oxidation sites excluding steroid dienone is 1. The first-order valence-corrected chi connectivity index (χ1v) is 17.6. The van der Waals surface area contributed by atoms with E-state index in [1.807, 2.05) is 56.8 Å². The van der Waals surface area contributed by atoms with Crippen LogP contribution in [-0.4, -0.2) is 61.8 Å².